The van der Waals surface area contributed by atoms with Gasteiger partial charge in [-0.15, -0.1) is 0 Å². The van der Waals surface area contributed by atoms with Crippen molar-refractivity contribution in [2.75, 3.05) is 32.9 Å². The zero-order valence-corrected chi connectivity index (χ0v) is 25.1. The maximum atomic E-state index is 13.3. The van der Waals surface area contributed by atoms with E-state index in [1.807, 2.05) is 30.3 Å². The van der Waals surface area contributed by atoms with Gasteiger partial charge in [-0.3, -0.25) is 19.3 Å². The van der Waals surface area contributed by atoms with Gasteiger partial charge in [-0.1, -0.05) is 97.1 Å². The topological polar surface area (TPSA) is 82.1 Å². The highest BCUT2D eigenvalue weighted by Gasteiger charge is 2.45. The molecule has 1 aliphatic carbocycles. The number of benzene rings is 3. The Morgan fingerprint density at radius 1 is 0.841 bits per heavy atom. The Hall–Kier alpha value is -3.91. The first-order valence-electron chi connectivity index (χ1n) is 15.6. The van der Waals surface area contributed by atoms with Gasteiger partial charge in [-0.25, -0.2) is 0 Å². The number of rotatable bonds is 14. The van der Waals surface area contributed by atoms with E-state index in [2.05, 4.69) is 47.4 Å². The fourth-order valence-corrected chi connectivity index (χ4v) is 6.05. The number of esters is 1. The Bertz CT molecular complexity index is 1380. The van der Waals surface area contributed by atoms with Gasteiger partial charge in [0, 0.05) is 37.4 Å². The van der Waals surface area contributed by atoms with E-state index in [0.29, 0.717) is 38.2 Å². The normalized spacial score (nSPS) is 20.6. The summed E-state index contributed by atoms with van der Waals surface area (Å²) < 4.78 is 17.1. The third-order valence-electron chi connectivity index (χ3n) is 8.39. The molecule has 1 aliphatic heterocycles. The quantitative estimate of drug-likeness (QED) is 0.127. The lowest BCUT2D eigenvalue weighted by atomic mass is 9.93. The van der Waals surface area contributed by atoms with Crippen molar-refractivity contribution in [3.63, 3.8) is 0 Å². The molecule has 0 aromatic heterocycles. The molecule has 0 spiro atoms. The van der Waals surface area contributed by atoms with Gasteiger partial charge in [0.1, 0.15) is 0 Å². The first kappa shape index (κ1) is 31.5. The molecule has 5 rings (SSSR count). The van der Waals surface area contributed by atoms with Gasteiger partial charge in [0.25, 0.3) is 0 Å². The zero-order chi connectivity index (χ0) is 30.6. The van der Waals surface area contributed by atoms with Gasteiger partial charge >= 0.3 is 5.97 Å². The number of carbonyl (C=O) groups is 3. The lowest BCUT2D eigenvalue weighted by Gasteiger charge is -2.35. The molecule has 2 fully saturated rings. The smallest absolute Gasteiger partial charge is 0.306 e. The number of hydrogen-bond acceptors (Lipinski definition) is 7. The largest absolute Gasteiger partial charge is 0.457 e. The second-order valence-electron chi connectivity index (χ2n) is 11.4. The molecular weight excluding hydrogens is 554 g/mol. The van der Waals surface area contributed by atoms with Crippen LogP contribution in [0.2, 0.25) is 0 Å². The fourth-order valence-electron chi connectivity index (χ4n) is 6.05. The van der Waals surface area contributed by atoms with Crippen LogP contribution in [0.25, 0.3) is 11.1 Å². The van der Waals surface area contributed by atoms with Gasteiger partial charge in [0.05, 0.1) is 32.0 Å². The zero-order valence-electron chi connectivity index (χ0n) is 25.1. The van der Waals surface area contributed by atoms with Crippen molar-refractivity contribution in [3.05, 3.63) is 108 Å². The highest BCUT2D eigenvalue weighted by atomic mass is 16.5. The predicted octanol–water partition coefficient (Wildman–Crippen LogP) is 6.07. The van der Waals surface area contributed by atoms with Crippen molar-refractivity contribution in [1.29, 1.82) is 0 Å². The van der Waals surface area contributed by atoms with Gasteiger partial charge in [0.2, 0.25) is 0 Å². The second kappa shape index (κ2) is 16.2. The monoisotopic (exact) mass is 595 g/mol. The van der Waals surface area contributed by atoms with Crippen LogP contribution in [0.5, 0.6) is 0 Å². The minimum atomic E-state index is -0.391. The summed E-state index contributed by atoms with van der Waals surface area (Å²) in [6.45, 7) is 3.01. The Morgan fingerprint density at radius 2 is 1.50 bits per heavy atom. The molecule has 3 atom stereocenters. The summed E-state index contributed by atoms with van der Waals surface area (Å²) in [5.41, 5.74) is 3.96. The van der Waals surface area contributed by atoms with E-state index in [1.165, 1.54) is 5.56 Å². The summed E-state index contributed by atoms with van der Waals surface area (Å²) in [6.07, 6.45) is 6.68. The summed E-state index contributed by atoms with van der Waals surface area (Å²) in [4.78, 5) is 39.8. The maximum Gasteiger partial charge on any atom is 0.306 e. The molecule has 0 bridgehead atoms. The maximum absolute atomic E-state index is 13.3. The molecule has 0 radical (unpaired) electrons. The highest BCUT2D eigenvalue weighted by Crippen LogP contribution is 2.35. The molecule has 3 aromatic rings. The van der Waals surface area contributed by atoms with Crippen molar-refractivity contribution < 1.29 is 28.6 Å². The molecule has 44 heavy (non-hydrogen) atoms. The molecule has 1 unspecified atom stereocenters. The first-order chi connectivity index (χ1) is 21.6. The van der Waals surface area contributed by atoms with Gasteiger partial charge < -0.3 is 14.2 Å². The van der Waals surface area contributed by atoms with Crippen molar-refractivity contribution in [1.82, 2.24) is 4.90 Å². The standard InChI is InChI=1S/C37H41NO6/c39-33-25-35(43-26-28-17-19-30(20-18-28)29-11-5-3-6-12-29)32(37(33)38-21-23-42-24-22-38)15-9-1-2-10-16-36(41)44-27-34(40)31-13-7-4-8-14-31/h1-8,11-14,17-20,32,35,37H,9-10,15-16,21-27H2/b2-1-/t32?,35-,37+/m1/s1. The lowest BCUT2D eigenvalue weighted by Crippen LogP contribution is -2.49. The average molecular weight is 596 g/mol. The van der Waals surface area contributed by atoms with E-state index < -0.39 is 5.97 Å². The van der Waals surface area contributed by atoms with E-state index >= 15 is 0 Å². The van der Waals surface area contributed by atoms with Crippen LogP contribution < -0.4 is 0 Å². The van der Waals surface area contributed by atoms with Crippen molar-refractivity contribution >= 4 is 17.5 Å². The molecule has 0 amide bonds. The van der Waals surface area contributed by atoms with E-state index in [9.17, 15) is 14.4 Å². The minimum Gasteiger partial charge on any atom is -0.457 e. The van der Waals surface area contributed by atoms with E-state index in [-0.39, 0.29) is 42.7 Å². The van der Waals surface area contributed by atoms with Crippen molar-refractivity contribution in [2.24, 2.45) is 5.92 Å². The number of ketones is 2. The number of morpholine rings is 1. The molecule has 7 heteroatoms. The number of Topliss-reactive ketones (excluding diaryl/α,β-unsaturated/α-hetero) is 2. The van der Waals surface area contributed by atoms with Gasteiger partial charge in [0.15, 0.2) is 18.2 Å². The van der Waals surface area contributed by atoms with Gasteiger partial charge in [-0.05, 0) is 36.0 Å². The van der Waals surface area contributed by atoms with Crippen LogP contribution in [0, 0.1) is 5.92 Å². The van der Waals surface area contributed by atoms with Crippen molar-refractivity contribution in [3.8, 4) is 11.1 Å². The molecular formula is C37H41NO6. The minimum absolute atomic E-state index is 0.0859. The molecule has 0 N–H and O–H groups in total. The number of carbonyl (C=O) groups excluding carboxylic acids is 3. The molecule has 230 valence electrons. The second-order valence-corrected chi connectivity index (χ2v) is 11.4. The van der Waals surface area contributed by atoms with Crippen molar-refractivity contribution in [2.45, 2.75) is 50.9 Å². The van der Waals surface area contributed by atoms with Gasteiger partial charge in [-0.2, -0.15) is 0 Å². The number of allylic oxidation sites excluding steroid dienone is 2. The van der Waals surface area contributed by atoms with E-state index in [0.717, 1.165) is 37.1 Å². The first-order valence-corrected chi connectivity index (χ1v) is 15.6. The third kappa shape index (κ3) is 8.82. The molecule has 1 saturated heterocycles. The predicted molar refractivity (Wildman–Crippen MR) is 169 cm³/mol. The third-order valence-corrected chi connectivity index (χ3v) is 8.39. The summed E-state index contributed by atoms with van der Waals surface area (Å²) in [7, 11) is 0. The fraction of sp³-hybridized carbons (Fsp3) is 0.378. The molecule has 3 aromatic carbocycles. The molecule has 7 nitrogen and oxygen atoms in total. The van der Waals surface area contributed by atoms with Crippen LogP contribution in [0.15, 0.2) is 97.1 Å². The van der Waals surface area contributed by atoms with Crippen LogP contribution >= 0.6 is 0 Å². The summed E-state index contributed by atoms with van der Waals surface area (Å²) in [5.74, 6) is -0.268. The summed E-state index contributed by atoms with van der Waals surface area (Å²) >= 11 is 0. The Balaban J connectivity index is 1.11. The van der Waals surface area contributed by atoms with Crippen LogP contribution in [0.4, 0.5) is 0 Å². The summed E-state index contributed by atoms with van der Waals surface area (Å²) in [5, 5.41) is 0. The molecule has 1 heterocycles. The molecule has 1 saturated carbocycles. The summed E-state index contributed by atoms with van der Waals surface area (Å²) in [6, 6.07) is 27.4. The van der Waals surface area contributed by atoms with Crippen LogP contribution in [0.1, 0.15) is 48.0 Å². The Labute approximate surface area is 259 Å². The number of hydrogen-bond donors (Lipinski definition) is 0. The van der Waals surface area contributed by atoms with E-state index in [1.54, 1.807) is 24.3 Å². The Kier molecular flexibility index (Phi) is 11.6. The number of ether oxygens (including phenoxy) is 3. The SMILES string of the molecule is O=C(CC/C=C\CCC1[C@H](N2CCOCC2)C(=O)C[C@H]1OCc1ccc(-c2ccccc2)cc1)OCC(=O)c1ccccc1. The number of nitrogens with zero attached hydrogens (tertiary/aromatic N) is 1. The van der Waals surface area contributed by atoms with Crippen LogP contribution in [-0.4, -0.2) is 67.5 Å². The molecule has 2 aliphatic rings. The Morgan fingerprint density at radius 3 is 2.23 bits per heavy atom. The van der Waals surface area contributed by atoms with E-state index in [4.69, 9.17) is 14.2 Å². The lowest BCUT2D eigenvalue weighted by molar-refractivity contribution is -0.142. The van der Waals surface area contributed by atoms with Crippen LogP contribution in [0.3, 0.4) is 0 Å². The highest BCUT2D eigenvalue weighted by molar-refractivity contribution is 5.97. The van der Waals surface area contributed by atoms with Crippen LogP contribution in [-0.2, 0) is 30.4 Å². The average Bonchev–Trinajstić information content (AvgIpc) is 3.39.